The summed E-state index contributed by atoms with van der Waals surface area (Å²) in [5.41, 5.74) is 1.71. The number of ether oxygens (including phenoxy) is 1. The quantitative estimate of drug-likeness (QED) is 0.611. The molecule has 0 aromatic heterocycles. The first-order valence-corrected chi connectivity index (χ1v) is 9.39. The third-order valence-corrected chi connectivity index (χ3v) is 5.06. The van der Waals surface area contributed by atoms with Crippen LogP contribution < -0.4 is 9.64 Å². The minimum absolute atomic E-state index is 0.0239. The highest BCUT2D eigenvalue weighted by Gasteiger charge is 2.28. The van der Waals surface area contributed by atoms with E-state index in [2.05, 4.69) is 0 Å². The number of amides is 1. The summed E-state index contributed by atoms with van der Waals surface area (Å²) < 4.78 is 19.1. The minimum atomic E-state index is -0.265. The zero-order valence-corrected chi connectivity index (χ0v) is 16.0. The topological polar surface area (TPSA) is 29.5 Å². The summed E-state index contributed by atoms with van der Waals surface area (Å²) in [4.78, 5) is 14.5. The average molecular weight is 396 g/mol. The van der Waals surface area contributed by atoms with Gasteiger partial charge in [0, 0.05) is 23.2 Å². The second kappa shape index (κ2) is 8.28. The van der Waals surface area contributed by atoms with Gasteiger partial charge in [-0.25, -0.2) is 4.39 Å². The molecule has 1 atom stereocenters. The fraction of sp³-hybridized carbons (Fsp3) is 0.350. The van der Waals surface area contributed by atoms with Crippen molar-refractivity contribution in [3.63, 3.8) is 0 Å². The van der Waals surface area contributed by atoms with Gasteiger partial charge in [-0.3, -0.25) is 4.79 Å². The number of anilines is 1. The molecular weight excluding hydrogens is 376 g/mol. The Labute approximate surface area is 162 Å². The van der Waals surface area contributed by atoms with Crippen molar-refractivity contribution in [2.75, 3.05) is 11.5 Å². The predicted molar refractivity (Wildman–Crippen MR) is 103 cm³/mol. The van der Waals surface area contributed by atoms with Crippen molar-refractivity contribution in [3.05, 3.63) is 57.8 Å². The van der Waals surface area contributed by atoms with Crippen LogP contribution in [0.2, 0.25) is 10.0 Å². The van der Waals surface area contributed by atoms with Gasteiger partial charge in [0.2, 0.25) is 5.91 Å². The van der Waals surface area contributed by atoms with Crippen LogP contribution in [0.15, 0.2) is 36.4 Å². The summed E-state index contributed by atoms with van der Waals surface area (Å²) in [6, 6.07) is 9.77. The predicted octanol–water partition coefficient (Wildman–Crippen LogP) is 5.66. The molecule has 138 valence electrons. The Morgan fingerprint density at radius 2 is 2.08 bits per heavy atom. The molecule has 2 aromatic carbocycles. The van der Waals surface area contributed by atoms with Gasteiger partial charge in [0.05, 0.1) is 11.6 Å². The number of carbonyl (C=O) groups is 1. The number of carbonyl (C=O) groups excluding carboxylic acids is 1. The Bertz CT molecular complexity index is 812. The van der Waals surface area contributed by atoms with Crippen molar-refractivity contribution in [1.29, 1.82) is 0 Å². The first kappa shape index (κ1) is 19.0. The Morgan fingerprint density at radius 1 is 1.27 bits per heavy atom. The van der Waals surface area contributed by atoms with Gasteiger partial charge >= 0.3 is 0 Å². The normalized spacial score (nSPS) is 16.3. The summed E-state index contributed by atoms with van der Waals surface area (Å²) in [5.74, 6) is 0.311. The van der Waals surface area contributed by atoms with Crippen LogP contribution >= 0.6 is 23.2 Å². The summed E-state index contributed by atoms with van der Waals surface area (Å²) in [5, 5.41) is 0.996. The Morgan fingerprint density at radius 3 is 2.85 bits per heavy atom. The van der Waals surface area contributed by atoms with Crippen LogP contribution in [0.5, 0.6) is 5.75 Å². The maximum absolute atomic E-state index is 13.4. The Balaban J connectivity index is 1.58. The van der Waals surface area contributed by atoms with Crippen molar-refractivity contribution >= 4 is 34.8 Å². The van der Waals surface area contributed by atoms with Crippen LogP contribution in [0.25, 0.3) is 0 Å². The van der Waals surface area contributed by atoms with Gasteiger partial charge < -0.3 is 9.64 Å². The SMILES string of the molecule is C[C@@H]1CCc2cc(F)ccc2N1C(=O)CCCOc1ccc(Cl)cc1Cl. The van der Waals surface area contributed by atoms with E-state index in [1.54, 1.807) is 29.2 Å². The third kappa shape index (κ3) is 4.30. The number of aryl methyl sites for hydroxylation is 1. The molecule has 0 saturated carbocycles. The molecular formula is C20H20Cl2FNO2. The molecule has 0 bridgehead atoms. The summed E-state index contributed by atoms with van der Waals surface area (Å²) in [6.45, 7) is 2.40. The van der Waals surface area contributed by atoms with Crippen molar-refractivity contribution in [1.82, 2.24) is 0 Å². The number of hydrogen-bond donors (Lipinski definition) is 0. The number of fused-ring (bicyclic) bond motifs is 1. The van der Waals surface area contributed by atoms with Crippen molar-refractivity contribution in [2.24, 2.45) is 0 Å². The van der Waals surface area contributed by atoms with Gasteiger partial charge in [-0.05, 0) is 68.1 Å². The van der Waals surface area contributed by atoms with Gasteiger partial charge in [-0.2, -0.15) is 0 Å². The van der Waals surface area contributed by atoms with Crippen LogP contribution in [0.1, 0.15) is 31.7 Å². The molecule has 1 heterocycles. The molecule has 0 saturated heterocycles. The first-order chi connectivity index (χ1) is 12.5. The standard InChI is InChI=1S/C20H20Cl2FNO2/c1-13-4-5-14-11-16(23)7-8-18(14)24(13)20(25)3-2-10-26-19-9-6-15(21)12-17(19)22/h6-9,11-13H,2-5,10H2,1H3/t13-/m1/s1. The highest BCUT2D eigenvalue weighted by Crippen LogP contribution is 2.32. The molecule has 1 aliphatic rings. The van der Waals surface area contributed by atoms with Crippen molar-refractivity contribution in [2.45, 2.75) is 38.6 Å². The molecule has 0 spiro atoms. The fourth-order valence-corrected chi connectivity index (χ4v) is 3.68. The lowest BCUT2D eigenvalue weighted by atomic mass is 9.96. The number of nitrogens with zero attached hydrogens (tertiary/aromatic N) is 1. The van der Waals surface area contributed by atoms with E-state index in [0.29, 0.717) is 35.2 Å². The summed E-state index contributed by atoms with van der Waals surface area (Å²) in [7, 11) is 0. The molecule has 0 unspecified atom stereocenters. The average Bonchev–Trinajstić information content (AvgIpc) is 2.60. The fourth-order valence-electron chi connectivity index (χ4n) is 3.22. The van der Waals surface area contributed by atoms with Crippen molar-refractivity contribution < 1.29 is 13.9 Å². The second-order valence-electron chi connectivity index (χ2n) is 6.45. The molecule has 0 fully saturated rings. The number of hydrogen-bond acceptors (Lipinski definition) is 2. The van der Waals surface area contributed by atoms with E-state index >= 15 is 0 Å². The third-order valence-electron chi connectivity index (χ3n) is 4.53. The van der Waals surface area contributed by atoms with E-state index in [1.165, 1.54) is 12.1 Å². The maximum Gasteiger partial charge on any atom is 0.227 e. The van der Waals surface area contributed by atoms with Crippen LogP contribution in [0.3, 0.4) is 0 Å². The van der Waals surface area contributed by atoms with E-state index in [0.717, 1.165) is 24.1 Å². The smallest absolute Gasteiger partial charge is 0.227 e. The maximum atomic E-state index is 13.4. The van der Waals surface area contributed by atoms with Gasteiger partial charge in [0.25, 0.3) is 0 Å². The van der Waals surface area contributed by atoms with Gasteiger partial charge in [-0.15, -0.1) is 0 Å². The van der Waals surface area contributed by atoms with Gasteiger partial charge in [-0.1, -0.05) is 23.2 Å². The number of halogens is 3. The van der Waals surface area contributed by atoms with Gasteiger partial charge in [0.1, 0.15) is 11.6 Å². The molecule has 0 radical (unpaired) electrons. The van der Waals surface area contributed by atoms with Crippen LogP contribution in [-0.4, -0.2) is 18.6 Å². The molecule has 3 rings (SSSR count). The minimum Gasteiger partial charge on any atom is -0.492 e. The van der Waals surface area contributed by atoms with Crippen LogP contribution in [0, 0.1) is 5.82 Å². The lowest BCUT2D eigenvalue weighted by Crippen LogP contribution is -2.42. The highest BCUT2D eigenvalue weighted by atomic mass is 35.5. The second-order valence-corrected chi connectivity index (χ2v) is 7.29. The molecule has 2 aromatic rings. The van der Waals surface area contributed by atoms with Gasteiger partial charge in [0.15, 0.2) is 0 Å². The molecule has 0 N–H and O–H groups in total. The van der Waals surface area contributed by atoms with Crippen molar-refractivity contribution in [3.8, 4) is 5.75 Å². The Hall–Kier alpha value is -1.78. The van der Waals surface area contributed by atoms with E-state index in [1.807, 2.05) is 6.92 Å². The molecule has 1 aliphatic heterocycles. The van der Waals surface area contributed by atoms with E-state index in [4.69, 9.17) is 27.9 Å². The molecule has 6 heteroatoms. The Kier molecular flexibility index (Phi) is 6.05. The van der Waals surface area contributed by atoms with Crippen LogP contribution in [-0.2, 0) is 11.2 Å². The highest BCUT2D eigenvalue weighted by molar-refractivity contribution is 6.35. The lowest BCUT2D eigenvalue weighted by Gasteiger charge is -2.35. The van der Waals surface area contributed by atoms with E-state index in [-0.39, 0.29) is 17.8 Å². The largest absolute Gasteiger partial charge is 0.492 e. The zero-order valence-electron chi connectivity index (χ0n) is 14.5. The molecule has 0 aliphatic carbocycles. The molecule has 26 heavy (non-hydrogen) atoms. The summed E-state index contributed by atoms with van der Waals surface area (Å²) >= 11 is 11.9. The van der Waals surface area contributed by atoms with E-state index in [9.17, 15) is 9.18 Å². The zero-order chi connectivity index (χ0) is 18.7. The lowest BCUT2D eigenvalue weighted by molar-refractivity contribution is -0.119. The molecule has 3 nitrogen and oxygen atoms in total. The number of rotatable bonds is 5. The number of benzene rings is 2. The molecule has 1 amide bonds. The first-order valence-electron chi connectivity index (χ1n) is 8.64. The van der Waals surface area contributed by atoms with Crippen LogP contribution in [0.4, 0.5) is 10.1 Å². The monoisotopic (exact) mass is 395 g/mol. The summed E-state index contributed by atoms with van der Waals surface area (Å²) in [6.07, 6.45) is 2.54. The van der Waals surface area contributed by atoms with E-state index < -0.39 is 0 Å².